The molecule has 0 aliphatic heterocycles. The highest BCUT2D eigenvalue weighted by Crippen LogP contribution is 2.44. The zero-order valence-corrected chi connectivity index (χ0v) is 9.57. The Morgan fingerprint density at radius 3 is 2.00 bits per heavy atom. The van der Waals surface area contributed by atoms with Gasteiger partial charge in [-0.1, -0.05) is 23.2 Å². The summed E-state index contributed by atoms with van der Waals surface area (Å²) in [6.07, 6.45) is -6.00. The van der Waals surface area contributed by atoms with Crippen LogP contribution in [-0.4, -0.2) is 21.1 Å². The zero-order chi connectivity index (χ0) is 11.6. The van der Waals surface area contributed by atoms with Crippen LogP contribution in [0.3, 0.4) is 0 Å². The van der Waals surface area contributed by atoms with Crippen molar-refractivity contribution in [3.63, 3.8) is 0 Å². The van der Waals surface area contributed by atoms with E-state index in [-0.39, 0.29) is 0 Å². The molecule has 14 heavy (non-hydrogen) atoms. The molecule has 0 aromatic carbocycles. The molecule has 0 saturated carbocycles. The van der Waals surface area contributed by atoms with Gasteiger partial charge in [-0.15, -0.1) is 11.6 Å². The summed E-state index contributed by atoms with van der Waals surface area (Å²) in [5, 5.41) is -1.98. The van der Waals surface area contributed by atoms with Crippen molar-refractivity contribution in [2.45, 2.75) is 28.7 Å². The highest BCUT2D eigenvalue weighted by atomic mass is 35.5. The van der Waals surface area contributed by atoms with Gasteiger partial charge in [0.2, 0.25) is 9.58 Å². The van der Waals surface area contributed by atoms with E-state index in [2.05, 4.69) is 0 Å². The van der Waals surface area contributed by atoms with E-state index in [1.165, 1.54) is 0 Å². The molecule has 0 saturated heterocycles. The highest BCUT2D eigenvalue weighted by Gasteiger charge is 2.53. The van der Waals surface area contributed by atoms with Crippen molar-refractivity contribution in [1.82, 2.24) is 0 Å². The first-order valence-electron chi connectivity index (χ1n) is 3.33. The molecule has 84 valence electrons. The standard InChI is InChI=1S/C6H5Cl4F3O/c7-3(1-4(8)14)2-5(9,10)6(11,12)13/h3H,1-2H2. The quantitative estimate of drug-likeness (QED) is 0.567. The van der Waals surface area contributed by atoms with E-state index < -0.39 is 34.0 Å². The number of rotatable bonds is 4. The molecule has 0 amide bonds. The largest absolute Gasteiger partial charge is 0.421 e. The molecular formula is C6H5Cl4F3O. The predicted octanol–water partition coefficient (Wildman–Crippen LogP) is 3.88. The normalized spacial score (nSPS) is 15.4. The second-order valence-electron chi connectivity index (χ2n) is 2.56. The van der Waals surface area contributed by atoms with Crippen LogP contribution < -0.4 is 0 Å². The summed E-state index contributed by atoms with van der Waals surface area (Å²) in [4.78, 5) is 10.3. The Hall–Kier alpha value is 0.620. The number of carbonyl (C=O) groups excluding carboxylic acids is 1. The summed E-state index contributed by atoms with van der Waals surface area (Å²) in [5.41, 5.74) is 0. The first-order valence-corrected chi connectivity index (χ1v) is 4.90. The van der Waals surface area contributed by atoms with Crippen LogP contribution in [0.4, 0.5) is 13.2 Å². The van der Waals surface area contributed by atoms with Gasteiger partial charge in [-0.05, 0) is 11.6 Å². The second kappa shape index (κ2) is 5.10. The number of hydrogen-bond donors (Lipinski definition) is 0. The van der Waals surface area contributed by atoms with Crippen LogP contribution in [0.1, 0.15) is 12.8 Å². The molecule has 0 spiro atoms. The number of hydrogen-bond acceptors (Lipinski definition) is 1. The molecule has 0 aliphatic rings. The van der Waals surface area contributed by atoms with Gasteiger partial charge < -0.3 is 0 Å². The van der Waals surface area contributed by atoms with Crippen LogP contribution in [0.2, 0.25) is 0 Å². The van der Waals surface area contributed by atoms with Gasteiger partial charge in [-0.3, -0.25) is 4.79 Å². The van der Waals surface area contributed by atoms with Crippen molar-refractivity contribution in [1.29, 1.82) is 0 Å². The summed E-state index contributed by atoms with van der Waals surface area (Å²) < 4.78 is 33.3. The number of alkyl halides is 6. The van der Waals surface area contributed by atoms with Crippen LogP contribution in [-0.2, 0) is 4.79 Å². The Balaban J connectivity index is 4.29. The van der Waals surface area contributed by atoms with Crippen LogP contribution in [0.15, 0.2) is 0 Å². The average Bonchev–Trinajstić information content (AvgIpc) is 1.79. The lowest BCUT2D eigenvalue weighted by Crippen LogP contribution is -2.36. The van der Waals surface area contributed by atoms with Gasteiger partial charge in [0.1, 0.15) is 0 Å². The molecule has 0 heterocycles. The lowest BCUT2D eigenvalue weighted by Gasteiger charge is -2.24. The fourth-order valence-electron chi connectivity index (χ4n) is 0.640. The van der Waals surface area contributed by atoms with Crippen molar-refractivity contribution >= 4 is 51.6 Å². The van der Waals surface area contributed by atoms with Gasteiger partial charge >= 0.3 is 6.18 Å². The van der Waals surface area contributed by atoms with Crippen LogP contribution in [0.25, 0.3) is 0 Å². The Bertz CT molecular complexity index is 216. The maximum absolute atomic E-state index is 12.1. The van der Waals surface area contributed by atoms with Crippen LogP contribution in [0.5, 0.6) is 0 Å². The molecule has 0 aliphatic carbocycles. The predicted molar refractivity (Wildman–Crippen MR) is 50.2 cm³/mol. The van der Waals surface area contributed by atoms with Crippen molar-refractivity contribution in [3.05, 3.63) is 0 Å². The molecule has 0 aromatic heterocycles. The van der Waals surface area contributed by atoms with E-state index in [9.17, 15) is 18.0 Å². The Labute approximate surface area is 98.4 Å². The lowest BCUT2D eigenvalue weighted by molar-refractivity contribution is -0.143. The van der Waals surface area contributed by atoms with E-state index in [1.807, 2.05) is 0 Å². The van der Waals surface area contributed by atoms with Gasteiger partial charge in [0, 0.05) is 18.2 Å². The third-order valence-electron chi connectivity index (χ3n) is 1.27. The van der Waals surface area contributed by atoms with Crippen LogP contribution in [0, 0.1) is 0 Å². The van der Waals surface area contributed by atoms with E-state index in [0.717, 1.165) is 0 Å². The Kier molecular flexibility index (Phi) is 5.33. The Morgan fingerprint density at radius 1 is 1.29 bits per heavy atom. The SMILES string of the molecule is O=C(Cl)CC(Cl)CC(Cl)(Cl)C(F)(F)F. The third-order valence-corrected chi connectivity index (χ3v) is 2.47. The van der Waals surface area contributed by atoms with Crippen LogP contribution >= 0.6 is 46.4 Å². The number of halogens is 7. The minimum absolute atomic E-state index is 0.416. The fraction of sp³-hybridized carbons (Fsp3) is 0.833. The molecule has 1 nitrogen and oxygen atoms in total. The fourth-order valence-corrected chi connectivity index (χ4v) is 1.81. The van der Waals surface area contributed by atoms with Gasteiger partial charge in [0.15, 0.2) is 0 Å². The smallest absolute Gasteiger partial charge is 0.281 e. The van der Waals surface area contributed by atoms with E-state index >= 15 is 0 Å². The molecule has 0 N–H and O–H groups in total. The summed E-state index contributed by atoms with van der Waals surface area (Å²) in [6, 6.07) is 0. The monoisotopic (exact) mass is 290 g/mol. The molecule has 8 heteroatoms. The first-order chi connectivity index (χ1) is 6.06. The third kappa shape index (κ3) is 4.91. The van der Waals surface area contributed by atoms with Gasteiger partial charge in [-0.2, -0.15) is 13.2 Å². The molecule has 0 rings (SSSR count). The first kappa shape index (κ1) is 14.6. The summed E-state index contributed by atoms with van der Waals surface area (Å²) in [7, 11) is 0. The maximum atomic E-state index is 12.1. The summed E-state index contributed by atoms with van der Waals surface area (Å²) in [6.45, 7) is 0. The van der Waals surface area contributed by atoms with Crippen molar-refractivity contribution in [3.8, 4) is 0 Å². The molecule has 1 atom stereocenters. The average molecular weight is 292 g/mol. The lowest BCUT2D eigenvalue weighted by atomic mass is 10.2. The minimum Gasteiger partial charge on any atom is -0.281 e. The van der Waals surface area contributed by atoms with E-state index in [4.69, 9.17) is 46.4 Å². The van der Waals surface area contributed by atoms with E-state index in [0.29, 0.717) is 0 Å². The topological polar surface area (TPSA) is 17.1 Å². The molecule has 0 aromatic rings. The number of carbonyl (C=O) groups is 1. The summed E-state index contributed by atoms with van der Waals surface area (Å²) in [5.74, 6) is 0. The van der Waals surface area contributed by atoms with Crippen molar-refractivity contribution < 1.29 is 18.0 Å². The van der Waals surface area contributed by atoms with Gasteiger partial charge in [0.25, 0.3) is 0 Å². The Morgan fingerprint density at radius 2 is 1.71 bits per heavy atom. The van der Waals surface area contributed by atoms with E-state index in [1.54, 1.807) is 0 Å². The zero-order valence-electron chi connectivity index (χ0n) is 6.55. The minimum atomic E-state index is -4.79. The molecule has 1 unspecified atom stereocenters. The van der Waals surface area contributed by atoms with Crippen molar-refractivity contribution in [2.24, 2.45) is 0 Å². The van der Waals surface area contributed by atoms with Gasteiger partial charge in [0.05, 0.1) is 0 Å². The second-order valence-corrected chi connectivity index (χ2v) is 5.09. The maximum Gasteiger partial charge on any atom is 0.421 e. The molecular weight excluding hydrogens is 287 g/mol. The molecule has 0 fully saturated rings. The molecule has 0 radical (unpaired) electrons. The molecule has 0 bridgehead atoms. The van der Waals surface area contributed by atoms with Crippen molar-refractivity contribution in [2.75, 3.05) is 0 Å². The summed E-state index contributed by atoms with van der Waals surface area (Å²) >= 11 is 20.3. The highest BCUT2D eigenvalue weighted by molar-refractivity contribution is 6.64. The van der Waals surface area contributed by atoms with Gasteiger partial charge in [-0.25, -0.2) is 0 Å².